The second-order valence-electron chi connectivity index (χ2n) is 8.88. The molecule has 8 heteroatoms. The topological polar surface area (TPSA) is 94.5 Å². The molecule has 2 aliphatic carbocycles. The highest BCUT2D eigenvalue weighted by Gasteiger charge is 2.57. The first kappa shape index (κ1) is 23.3. The maximum atomic E-state index is 13.0. The third kappa shape index (κ3) is 3.91. The largest absolute Gasteiger partial charge is 0.504 e. The van der Waals surface area contributed by atoms with Crippen molar-refractivity contribution in [3.05, 3.63) is 40.7 Å². The number of rotatable bonds is 7. The number of likely N-dealkylation sites (N-methyl/N-ethyl adjacent to an activating group) is 1. The van der Waals surface area contributed by atoms with Crippen LogP contribution < -0.4 is 4.74 Å². The number of ether oxygens (including phenoxy) is 4. The number of ketones is 1. The number of carbonyl (C=O) groups is 2. The minimum Gasteiger partial charge on any atom is -0.504 e. The predicted molar refractivity (Wildman–Crippen MR) is 121 cm³/mol. The van der Waals surface area contributed by atoms with Gasteiger partial charge in [0, 0.05) is 42.5 Å². The number of benzene rings is 1. The van der Waals surface area contributed by atoms with Gasteiger partial charge in [-0.3, -0.25) is 4.79 Å². The van der Waals surface area contributed by atoms with Gasteiger partial charge in [0.2, 0.25) is 0 Å². The van der Waals surface area contributed by atoms with Gasteiger partial charge in [0.25, 0.3) is 0 Å². The highest BCUT2D eigenvalue weighted by molar-refractivity contribution is 5.96. The summed E-state index contributed by atoms with van der Waals surface area (Å²) < 4.78 is 20.9. The molecule has 1 unspecified atom stereocenters. The Hall–Kier alpha value is -2.84. The van der Waals surface area contributed by atoms with Gasteiger partial charge in [0.15, 0.2) is 23.0 Å². The van der Waals surface area contributed by atoms with E-state index in [2.05, 4.69) is 11.9 Å². The maximum Gasteiger partial charge on any atom is 0.330 e. The summed E-state index contributed by atoms with van der Waals surface area (Å²) in [6, 6.07) is 1.87. The average Bonchev–Trinajstić information content (AvgIpc) is 2.80. The van der Waals surface area contributed by atoms with Crippen molar-refractivity contribution >= 4 is 17.8 Å². The number of aromatic hydroxyl groups is 1. The van der Waals surface area contributed by atoms with E-state index in [9.17, 15) is 14.7 Å². The van der Waals surface area contributed by atoms with Gasteiger partial charge in [-0.25, -0.2) is 4.79 Å². The lowest BCUT2D eigenvalue weighted by atomic mass is 9.53. The van der Waals surface area contributed by atoms with Crippen molar-refractivity contribution in [1.29, 1.82) is 0 Å². The van der Waals surface area contributed by atoms with Crippen molar-refractivity contribution in [1.82, 2.24) is 4.90 Å². The van der Waals surface area contributed by atoms with Crippen LogP contribution in [0, 0.1) is 5.92 Å². The molecule has 0 aromatic heterocycles. The van der Waals surface area contributed by atoms with Crippen molar-refractivity contribution in [2.24, 2.45) is 5.92 Å². The number of phenols is 1. The summed E-state index contributed by atoms with van der Waals surface area (Å²) >= 11 is 0. The zero-order chi connectivity index (χ0) is 23.8. The Bertz CT molecular complexity index is 1010. The molecule has 1 aromatic rings. The fourth-order valence-electron chi connectivity index (χ4n) is 5.71. The number of allylic oxidation sites excluding steroid dienone is 1. The minimum atomic E-state index is -0.552. The standard InChI is InChI=1S/C25H31NO7/c1-26-8-7-25-14-19(27)20(31-3)13-17(25)18(26)12-16-15(5-6-22(28)33-10-9-30-2)11-21(32-4)24(29)23(16)25/h5-6,11,13,17-18,29H,7-10,12,14H2,1-4H3/b6-5+/t17?,18-,25+/m0/s1. The number of hydrogen-bond donors (Lipinski definition) is 1. The number of nitrogens with zero attached hydrogens (tertiary/aromatic N) is 1. The second-order valence-corrected chi connectivity index (χ2v) is 8.88. The molecule has 2 bridgehead atoms. The number of hydrogen-bond acceptors (Lipinski definition) is 8. The van der Waals surface area contributed by atoms with Crippen LogP contribution in [0.4, 0.5) is 0 Å². The van der Waals surface area contributed by atoms with Gasteiger partial charge in [-0.1, -0.05) is 0 Å². The molecular weight excluding hydrogens is 426 g/mol. The number of fused-ring (bicyclic) bond motifs is 1. The zero-order valence-corrected chi connectivity index (χ0v) is 19.6. The van der Waals surface area contributed by atoms with E-state index >= 15 is 0 Å². The first-order chi connectivity index (χ1) is 15.9. The molecule has 33 heavy (non-hydrogen) atoms. The van der Waals surface area contributed by atoms with Crippen LogP contribution in [0.5, 0.6) is 11.5 Å². The quantitative estimate of drug-likeness (QED) is 0.378. The molecule has 1 heterocycles. The van der Waals surface area contributed by atoms with Crippen molar-refractivity contribution in [3.63, 3.8) is 0 Å². The van der Waals surface area contributed by atoms with E-state index in [1.807, 2.05) is 6.08 Å². The van der Waals surface area contributed by atoms with Crippen molar-refractivity contribution < 1.29 is 33.6 Å². The third-order valence-corrected chi connectivity index (χ3v) is 7.30. The fraction of sp³-hybridized carbons (Fsp3) is 0.520. The lowest BCUT2D eigenvalue weighted by Crippen LogP contribution is -2.60. The van der Waals surface area contributed by atoms with Crippen molar-refractivity contribution in [3.8, 4) is 11.5 Å². The van der Waals surface area contributed by atoms with Crippen molar-refractivity contribution in [2.45, 2.75) is 30.7 Å². The van der Waals surface area contributed by atoms with E-state index in [-0.39, 0.29) is 36.5 Å². The number of Topliss-reactive ketones (excluding diaryl/α,β-unsaturated/α-hetero) is 1. The SMILES string of the molecule is COCCOC(=O)/C=C/c1cc(OC)c(O)c2c1C[C@H]1C3C=C(OC)C(=O)C[C@@]23CCN1C. The van der Waals surface area contributed by atoms with E-state index in [0.717, 1.165) is 29.7 Å². The molecule has 0 saturated carbocycles. The van der Waals surface area contributed by atoms with Crippen LogP contribution >= 0.6 is 0 Å². The second kappa shape index (κ2) is 9.19. The molecule has 3 atom stereocenters. The Morgan fingerprint density at radius 3 is 2.76 bits per heavy atom. The first-order valence-electron chi connectivity index (χ1n) is 11.1. The Morgan fingerprint density at radius 2 is 2.06 bits per heavy atom. The molecular formula is C25H31NO7. The smallest absolute Gasteiger partial charge is 0.330 e. The minimum absolute atomic E-state index is 0.0187. The molecule has 0 spiro atoms. The van der Waals surface area contributed by atoms with Gasteiger partial charge < -0.3 is 29.0 Å². The zero-order valence-electron chi connectivity index (χ0n) is 19.6. The molecule has 3 aliphatic rings. The van der Waals surface area contributed by atoms with Crippen LogP contribution in [0.1, 0.15) is 29.5 Å². The first-order valence-corrected chi connectivity index (χ1v) is 11.1. The van der Waals surface area contributed by atoms with Crippen LogP contribution in [0.15, 0.2) is 24.0 Å². The summed E-state index contributed by atoms with van der Waals surface area (Å²) in [5.41, 5.74) is 1.91. The predicted octanol–water partition coefficient (Wildman–Crippen LogP) is 2.22. The van der Waals surface area contributed by atoms with Crippen LogP contribution in [0.25, 0.3) is 6.08 Å². The van der Waals surface area contributed by atoms with Crippen LogP contribution in [0.3, 0.4) is 0 Å². The molecule has 0 radical (unpaired) electrons. The fourth-order valence-corrected chi connectivity index (χ4v) is 5.71. The van der Waals surface area contributed by atoms with Crippen LogP contribution in [-0.2, 0) is 35.6 Å². The van der Waals surface area contributed by atoms with E-state index in [0.29, 0.717) is 24.5 Å². The van der Waals surface area contributed by atoms with E-state index in [1.165, 1.54) is 20.3 Å². The molecule has 0 amide bonds. The summed E-state index contributed by atoms with van der Waals surface area (Å²) in [6.45, 7) is 1.31. The molecule has 1 fully saturated rings. The van der Waals surface area contributed by atoms with Gasteiger partial charge in [-0.05, 0) is 55.8 Å². The Kier molecular flexibility index (Phi) is 6.50. The molecule has 1 N–H and O–H groups in total. The summed E-state index contributed by atoms with van der Waals surface area (Å²) in [5.74, 6) is 0.261. The molecule has 1 aliphatic heterocycles. The Labute approximate surface area is 193 Å². The Morgan fingerprint density at radius 1 is 1.27 bits per heavy atom. The number of piperidine rings is 1. The molecule has 178 valence electrons. The maximum absolute atomic E-state index is 13.0. The lowest BCUT2D eigenvalue weighted by molar-refractivity contribution is -0.138. The summed E-state index contributed by atoms with van der Waals surface area (Å²) in [7, 11) is 6.65. The molecule has 4 rings (SSSR count). The number of esters is 1. The van der Waals surface area contributed by atoms with Crippen LogP contribution in [-0.4, -0.2) is 75.9 Å². The van der Waals surface area contributed by atoms with E-state index < -0.39 is 11.4 Å². The molecule has 1 saturated heterocycles. The average molecular weight is 458 g/mol. The van der Waals surface area contributed by atoms with Gasteiger partial charge in [-0.15, -0.1) is 0 Å². The summed E-state index contributed by atoms with van der Waals surface area (Å²) in [4.78, 5) is 27.4. The van der Waals surface area contributed by atoms with Gasteiger partial charge in [-0.2, -0.15) is 0 Å². The third-order valence-electron chi connectivity index (χ3n) is 7.30. The van der Waals surface area contributed by atoms with Crippen molar-refractivity contribution in [2.75, 3.05) is 48.1 Å². The normalized spacial score (nSPS) is 26.4. The molecule has 8 nitrogen and oxygen atoms in total. The van der Waals surface area contributed by atoms with Gasteiger partial charge in [0.05, 0.1) is 20.8 Å². The number of phenolic OH excluding ortho intramolecular Hbond substituents is 1. The monoisotopic (exact) mass is 457 g/mol. The molecule has 1 aromatic carbocycles. The van der Waals surface area contributed by atoms with Gasteiger partial charge in [0.1, 0.15) is 6.61 Å². The van der Waals surface area contributed by atoms with E-state index in [1.54, 1.807) is 19.3 Å². The highest BCUT2D eigenvalue weighted by atomic mass is 16.6. The van der Waals surface area contributed by atoms with Crippen LogP contribution in [0.2, 0.25) is 0 Å². The summed E-state index contributed by atoms with van der Waals surface area (Å²) in [6.07, 6.45) is 6.66. The number of likely N-dealkylation sites (tertiary alicyclic amines) is 1. The number of methoxy groups -OCH3 is 3. The Balaban J connectivity index is 1.83. The number of carbonyl (C=O) groups excluding carboxylic acids is 2. The summed E-state index contributed by atoms with van der Waals surface area (Å²) in [5, 5.41) is 11.3. The van der Waals surface area contributed by atoms with Gasteiger partial charge >= 0.3 is 5.97 Å². The van der Waals surface area contributed by atoms with E-state index in [4.69, 9.17) is 18.9 Å². The highest BCUT2D eigenvalue weighted by Crippen LogP contribution is 2.58. The lowest BCUT2D eigenvalue weighted by Gasteiger charge is -2.56.